The maximum absolute atomic E-state index is 8.56. The minimum absolute atomic E-state index is 0.419. The number of halogens is 1. The Balaban J connectivity index is 2.55. The van der Waals surface area contributed by atoms with Gasteiger partial charge in [0, 0.05) is 19.0 Å². The molecule has 0 fully saturated rings. The second-order valence-corrected chi connectivity index (χ2v) is 4.46. The third kappa shape index (κ3) is 4.06. The van der Waals surface area contributed by atoms with Crippen LogP contribution in [-0.2, 0) is 6.54 Å². The molecule has 0 unspecified atom stereocenters. The van der Waals surface area contributed by atoms with E-state index in [1.54, 1.807) is 0 Å². The molecule has 0 saturated carbocycles. The Morgan fingerprint density at radius 3 is 2.73 bits per heavy atom. The number of nitriles is 1. The summed E-state index contributed by atoms with van der Waals surface area (Å²) in [4.78, 5) is 2.22. The van der Waals surface area contributed by atoms with Gasteiger partial charge in [0.2, 0.25) is 0 Å². The van der Waals surface area contributed by atoms with Gasteiger partial charge < -0.3 is 4.42 Å². The van der Waals surface area contributed by atoms with E-state index in [1.807, 2.05) is 12.1 Å². The lowest BCUT2D eigenvalue weighted by molar-refractivity contribution is 0.200. The average molecular weight is 271 g/mol. The standard InChI is InChI=1S/C11H15BrN2O/c1-9(2)14(7-3-6-13)8-10-4-5-11(12)15-10/h4-5,9H,3,7-8H2,1-2H3. The zero-order valence-electron chi connectivity index (χ0n) is 9.03. The Morgan fingerprint density at radius 1 is 1.53 bits per heavy atom. The van der Waals surface area contributed by atoms with Crippen LogP contribution in [0.3, 0.4) is 0 Å². The topological polar surface area (TPSA) is 40.2 Å². The van der Waals surface area contributed by atoms with Crippen molar-refractivity contribution >= 4 is 15.9 Å². The van der Waals surface area contributed by atoms with Crippen LogP contribution in [0.4, 0.5) is 0 Å². The molecule has 0 aromatic carbocycles. The number of hydrogen-bond acceptors (Lipinski definition) is 3. The predicted octanol–water partition coefficient (Wildman–Crippen LogP) is 3.17. The lowest BCUT2D eigenvalue weighted by Gasteiger charge is -2.24. The first-order chi connectivity index (χ1) is 7.13. The van der Waals surface area contributed by atoms with Gasteiger partial charge in [-0.3, -0.25) is 4.90 Å². The van der Waals surface area contributed by atoms with Crippen LogP contribution in [0, 0.1) is 11.3 Å². The van der Waals surface area contributed by atoms with Gasteiger partial charge in [0.25, 0.3) is 0 Å². The van der Waals surface area contributed by atoms with Crippen molar-refractivity contribution in [1.82, 2.24) is 4.90 Å². The molecular weight excluding hydrogens is 256 g/mol. The molecule has 0 spiro atoms. The van der Waals surface area contributed by atoms with Crippen molar-refractivity contribution in [2.75, 3.05) is 6.54 Å². The van der Waals surface area contributed by atoms with E-state index < -0.39 is 0 Å². The molecular formula is C11H15BrN2O. The normalized spacial score (nSPS) is 10.9. The van der Waals surface area contributed by atoms with Crippen molar-refractivity contribution in [2.45, 2.75) is 32.9 Å². The summed E-state index contributed by atoms with van der Waals surface area (Å²) < 4.78 is 6.19. The van der Waals surface area contributed by atoms with E-state index in [0.717, 1.165) is 23.5 Å². The maximum atomic E-state index is 8.56. The van der Waals surface area contributed by atoms with Crippen LogP contribution in [0.15, 0.2) is 21.2 Å². The van der Waals surface area contributed by atoms with E-state index in [4.69, 9.17) is 9.68 Å². The molecule has 0 saturated heterocycles. The third-order valence-electron chi connectivity index (χ3n) is 2.23. The lowest BCUT2D eigenvalue weighted by Crippen LogP contribution is -2.30. The van der Waals surface area contributed by atoms with Crippen molar-refractivity contribution < 1.29 is 4.42 Å². The van der Waals surface area contributed by atoms with Gasteiger partial charge >= 0.3 is 0 Å². The molecule has 3 nitrogen and oxygen atoms in total. The van der Waals surface area contributed by atoms with Gasteiger partial charge in [0.15, 0.2) is 4.67 Å². The molecule has 0 bridgehead atoms. The predicted molar refractivity (Wildman–Crippen MR) is 62.2 cm³/mol. The highest BCUT2D eigenvalue weighted by Crippen LogP contribution is 2.16. The third-order valence-corrected chi connectivity index (χ3v) is 2.66. The fourth-order valence-corrected chi connectivity index (χ4v) is 1.69. The molecule has 0 aliphatic heterocycles. The van der Waals surface area contributed by atoms with Crippen LogP contribution in [0.5, 0.6) is 0 Å². The highest BCUT2D eigenvalue weighted by Gasteiger charge is 2.11. The Morgan fingerprint density at radius 2 is 2.27 bits per heavy atom. The minimum atomic E-state index is 0.419. The Kier molecular flexibility index (Phi) is 4.86. The summed E-state index contributed by atoms with van der Waals surface area (Å²) in [6.07, 6.45) is 0.556. The first-order valence-corrected chi connectivity index (χ1v) is 5.78. The van der Waals surface area contributed by atoms with E-state index in [1.165, 1.54) is 0 Å². The molecule has 0 N–H and O–H groups in total. The molecule has 4 heteroatoms. The number of rotatable bonds is 5. The zero-order chi connectivity index (χ0) is 11.3. The average Bonchev–Trinajstić information content (AvgIpc) is 2.58. The molecule has 0 aliphatic rings. The Bertz CT molecular complexity index is 341. The second kappa shape index (κ2) is 5.94. The summed E-state index contributed by atoms with van der Waals surface area (Å²) in [6.45, 7) is 5.78. The number of furan rings is 1. The van der Waals surface area contributed by atoms with Crippen LogP contribution < -0.4 is 0 Å². The summed E-state index contributed by atoms with van der Waals surface area (Å²) in [7, 11) is 0. The smallest absolute Gasteiger partial charge is 0.169 e. The van der Waals surface area contributed by atoms with Gasteiger partial charge in [-0.15, -0.1) is 0 Å². The van der Waals surface area contributed by atoms with E-state index in [9.17, 15) is 0 Å². The van der Waals surface area contributed by atoms with Crippen LogP contribution in [0.1, 0.15) is 26.0 Å². The van der Waals surface area contributed by atoms with Crippen molar-refractivity contribution in [3.63, 3.8) is 0 Å². The maximum Gasteiger partial charge on any atom is 0.169 e. The molecule has 1 aromatic heterocycles. The summed E-state index contributed by atoms with van der Waals surface area (Å²) in [5, 5.41) is 8.56. The van der Waals surface area contributed by atoms with Crippen LogP contribution in [-0.4, -0.2) is 17.5 Å². The van der Waals surface area contributed by atoms with Crippen LogP contribution >= 0.6 is 15.9 Å². The van der Waals surface area contributed by atoms with E-state index in [0.29, 0.717) is 12.5 Å². The highest BCUT2D eigenvalue weighted by molar-refractivity contribution is 9.10. The van der Waals surface area contributed by atoms with Gasteiger partial charge in [-0.25, -0.2) is 0 Å². The fraction of sp³-hybridized carbons (Fsp3) is 0.545. The fourth-order valence-electron chi connectivity index (χ4n) is 1.35. The molecule has 0 amide bonds. The first kappa shape index (κ1) is 12.3. The number of nitrogens with zero attached hydrogens (tertiary/aromatic N) is 2. The SMILES string of the molecule is CC(C)N(CCC#N)Cc1ccc(Br)o1. The molecule has 0 atom stereocenters. The van der Waals surface area contributed by atoms with Gasteiger partial charge in [0.05, 0.1) is 12.6 Å². The second-order valence-electron chi connectivity index (χ2n) is 3.68. The Hall–Kier alpha value is -0.790. The van der Waals surface area contributed by atoms with Crippen molar-refractivity contribution in [3.8, 4) is 6.07 Å². The summed E-state index contributed by atoms with van der Waals surface area (Å²) in [6, 6.07) is 6.42. The molecule has 1 heterocycles. The molecule has 82 valence electrons. The quantitative estimate of drug-likeness (QED) is 0.825. The van der Waals surface area contributed by atoms with Crippen LogP contribution in [0.25, 0.3) is 0 Å². The summed E-state index contributed by atoms with van der Waals surface area (Å²) in [5.74, 6) is 0.925. The van der Waals surface area contributed by atoms with E-state index >= 15 is 0 Å². The molecule has 0 aliphatic carbocycles. The molecule has 1 aromatic rings. The van der Waals surface area contributed by atoms with Gasteiger partial charge in [-0.2, -0.15) is 5.26 Å². The largest absolute Gasteiger partial charge is 0.453 e. The summed E-state index contributed by atoms with van der Waals surface area (Å²) in [5.41, 5.74) is 0. The van der Waals surface area contributed by atoms with Crippen molar-refractivity contribution in [3.05, 3.63) is 22.6 Å². The highest BCUT2D eigenvalue weighted by atomic mass is 79.9. The monoisotopic (exact) mass is 270 g/mol. The molecule has 0 radical (unpaired) electrons. The van der Waals surface area contributed by atoms with Crippen LogP contribution in [0.2, 0.25) is 0 Å². The minimum Gasteiger partial charge on any atom is -0.453 e. The molecule has 1 rings (SSSR count). The van der Waals surface area contributed by atoms with Crippen molar-refractivity contribution in [2.24, 2.45) is 0 Å². The first-order valence-electron chi connectivity index (χ1n) is 4.98. The lowest BCUT2D eigenvalue weighted by atomic mass is 10.2. The summed E-state index contributed by atoms with van der Waals surface area (Å²) >= 11 is 3.27. The zero-order valence-corrected chi connectivity index (χ0v) is 10.6. The van der Waals surface area contributed by atoms with Gasteiger partial charge in [0.1, 0.15) is 5.76 Å². The number of hydrogen-bond donors (Lipinski definition) is 0. The van der Waals surface area contributed by atoms with Gasteiger partial charge in [-0.05, 0) is 41.9 Å². The van der Waals surface area contributed by atoms with Gasteiger partial charge in [-0.1, -0.05) is 0 Å². The van der Waals surface area contributed by atoms with E-state index in [2.05, 4.69) is 40.7 Å². The van der Waals surface area contributed by atoms with Crippen molar-refractivity contribution in [1.29, 1.82) is 5.26 Å². The Labute approximate surface area is 98.8 Å². The van der Waals surface area contributed by atoms with E-state index in [-0.39, 0.29) is 0 Å². The molecule has 15 heavy (non-hydrogen) atoms.